The highest BCUT2D eigenvalue weighted by atomic mass is 32.2. The predicted octanol–water partition coefficient (Wildman–Crippen LogP) is 4.62. The van der Waals surface area contributed by atoms with E-state index < -0.39 is 17.1 Å². The number of thioether (sulfide) groups is 1. The van der Waals surface area contributed by atoms with Crippen LogP contribution < -0.4 is 10.1 Å². The van der Waals surface area contributed by atoms with E-state index >= 15 is 0 Å². The van der Waals surface area contributed by atoms with E-state index in [1.54, 1.807) is 6.08 Å². The number of benzene rings is 3. The van der Waals surface area contributed by atoms with Gasteiger partial charge >= 0.3 is 0 Å². The SMILES string of the molecule is O=C(CN1C(=O)S/C(=C\c2cccc(OCc3ccccc3)c2)C1=O)NCc1ccccc1. The Bertz CT molecular complexity index is 1180. The molecule has 3 amide bonds. The van der Waals surface area contributed by atoms with E-state index in [1.165, 1.54) is 0 Å². The fourth-order valence-corrected chi connectivity index (χ4v) is 4.06. The molecule has 0 unspecified atom stereocenters. The summed E-state index contributed by atoms with van der Waals surface area (Å²) in [6.45, 7) is 0.454. The van der Waals surface area contributed by atoms with Gasteiger partial charge in [-0.05, 0) is 46.7 Å². The lowest BCUT2D eigenvalue weighted by molar-refractivity contribution is -0.129. The number of nitrogens with zero attached hydrogens (tertiary/aromatic N) is 1. The molecule has 0 atom stereocenters. The van der Waals surface area contributed by atoms with Crippen molar-refractivity contribution in [1.29, 1.82) is 0 Å². The quantitative estimate of drug-likeness (QED) is 0.499. The van der Waals surface area contributed by atoms with Crippen molar-refractivity contribution in [2.75, 3.05) is 6.54 Å². The molecule has 0 aliphatic carbocycles. The van der Waals surface area contributed by atoms with Crippen molar-refractivity contribution < 1.29 is 19.1 Å². The van der Waals surface area contributed by atoms with Crippen LogP contribution in [-0.4, -0.2) is 28.5 Å². The zero-order valence-electron chi connectivity index (χ0n) is 17.8. The monoisotopic (exact) mass is 458 g/mol. The molecule has 0 saturated carbocycles. The molecule has 33 heavy (non-hydrogen) atoms. The highest BCUT2D eigenvalue weighted by Crippen LogP contribution is 2.32. The van der Waals surface area contributed by atoms with E-state index in [1.807, 2.05) is 84.9 Å². The standard InChI is InChI=1S/C26H22N2O4S/c29-24(27-16-19-8-3-1-4-9-19)17-28-25(30)23(33-26(28)31)15-21-12-7-13-22(14-21)32-18-20-10-5-2-6-11-20/h1-15H,16-18H2,(H,27,29)/b23-15-. The molecule has 1 heterocycles. The molecule has 0 aromatic heterocycles. The molecular formula is C26H22N2O4S. The van der Waals surface area contributed by atoms with E-state index in [0.29, 0.717) is 18.9 Å². The smallest absolute Gasteiger partial charge is 0.294 e. The molecule has 7 heteroatoms. The Morgan fingerprint density at radius 2 is 1.61 bits per heavy atom. The molecule has 0 spiro atoms. The number of hydrogen-bond donors (Lipinski definition) is 1. The summed E-state index contributed by atoms with van der Waals surface area (Å²) in [4.78, 5) is 38.6. The summed E-state index contributed by atoms with van der Waals surface area (Å²) < 4.78 is 5.83. The van der Waals surface area contributed by atoms with Crippen molar-refractivity contribution >= 4 is 34.9 Å². The zero-order chi connectivity index (χ0) is 23.0. The first kappa shape index (κ1) is 22.4. The van der Waals surface area contributed by atoms with Gasteiger partial charge in [-0.1, -0.05) is 72.8 Å². The molecule has 1 saturated heterocycles. The van der Waals surface area contributed by atoms with Crippen LogP contribution in [0.2, 0.25) is 0 Å². The highest BCUT2D eigenvalue weighted by Gasteiger charge is 2.36. The van der Waals surface area contributed by atoms with Crippen LogP contribution >= 0.6 is 11.8 Å². The number of imide groups is 1. The predicted molar refractivity (Wildman–Crippen MR) is 128 cm³/mol. The summed E-state index contributed by atoms with van der Waals surface area (Å²) in [5.74, 6) is -0.207. The zero-order valence-corrected chi connectivity index (χ0v) is 18.6. The molecule has 166 valence electrons. The largest absolute Gasteiger partial charge is 0.489 e. The van der Waals surface area contributed by atoms with Crippen molar-refractivity contribution in [3.8, 4) is 5.75 Å². The Hall–Kier alpha value is -3.84. The van der Waals surface area contributed by atoms with Gasteiger partial charge in [-0.2, -0.15) is 0 Å². The Morgan fingerprint density at radius 3 is 2.33 bits per heavy atom. The number of carbonyl (C=O) groups excluding carboxylic acids is 3. The second-order valence-electron chi connectivity index (χ2n) is 7.38. The third kappa shape index (κ3) is 6.11. The first-order valence-corrected chi connectivity index (χ1v) is 11.2. The van der Waals surface area contributed by atoms with Crippen LogP contribution in [0.15, 0.2) is 89.8 Å². The molecule has 1 N–H and O–H groups in total. The summed E-state index contributed by atoms with van der Waals surface area (Å²) in [7, 11) is 0. The minimum atomic E-state index is -0.476. The Kier molecular flexibility index (Phi) is 7.22. The van der Waals surface area contributed by atoms with Crippen molar-refractivity contribution in [1.82, 2.24) is 10.2 Å². The maximum Gasteiger partial charge on any atom is 0.294 e. The van der Waals surface area contributed by atoms with Crippen LogP contribution in [0.1, 0.15) is 16.7 Å². The maximum absolute atomic E-state index is 12.7. The van der Waals surface area contributed by atoms with E-state index in [9.17, 15) is 14.4 Å². The molecule has 4 rings (SSSR count). The summed E-state index contributed by atoms with van der Waals surface area (Å²) in [5, 5.41) is 2.28. The van der Waals surface area contributed by atoms with Gasteiger partial charge < -0.3 is 10.1 Å². The molecule has 0 bridgehead atoms. The highest BCUT2D eigenvalue weighted by molar-refractivity contribution is 8.18. The fourth-order valence-electron chi connectivity index (χ4n) is 3.22. The Morgan fingerprint density at radius 1 is 0.909 bits per heavy atom. The van der Waals surface area contributed by atoms with Gasteiger partial charge in [0.05, 0.1) is 4.91 Å². The number of rotatable bonds is 8. The van der Waals surface area contributed by atoms with Crippen molar-refractivity contribution in [2.24, 2.45) is 0 Å². The van der Waals surface area contributed by atoms with Crippen LogP contribution in [0, 0.1) is 0 Å². The number of ether oxygens (including phenoxy) is 1. The van der Waals surface area contributed by atoms with Crippen LogP contribution in [0.3, 0.4) is 0 Å². The lowest BCUT2D eigenvalue weighted by Crippen LogP contribution is -2.39. The van der Waals surface area contributed by atoms with Crippen molar-refractivity contribution in [3.05, 3.63) is 107 Å². The minimum Gasteiger partial charge on any atom is -0.489 e. The van der Waals surface area contributed by atoms with Gasteiger partial charge in [-0.15, -0.1) is 0 Å². The lowest BCUT2D eigenvalue weighted by Gasteiger charge is -2.12. The molecule has 1 aliphatic heterocycles. The van der Waals surface area contributed by atoms with Gasteiger partial charge in [-0.25, -0.2) is 0 Å². The van der Waals surface area contributed by atoms with E-state index in [4.69, 9.17) is 4.74 Å². The van der Waals surface area contributed by atoms with Crippen LogP contribution in [0.4, 0.5) is 4.79 Å². The maximum atomic E-state index is 12.7. The summed E-state index contributed by atoms with van der Waals surface area (Å²) in [5.41, 5.74) is 2.73. The normalized spacial score (nSPS) is 14.5. The van der Waals surface area contributed by atoms with E-state index in [0.717, 1.165) is 33.4 Å². The van der Waals surface area contributed by atoms with Gasteiger partial charge in [0, 0.05) is 6.54 Å². The molecule has 3 aromatic carbocycles. The fraction of sp³-hybridized carbons (Fsp3) is 0.115. The topological polar surface area (TPSA) is 75.7 Å². The number of amides is 3. The van der Waals surface area contributed by atoms with Crippen LogP contribution in [-0.2, 0) is 22.7 Å². The van der Waals surface area contributed by atoms with Gasteiger partial charge in [0.2, 0.25) is 5.91 Å². The average Bonchev–Trinajstić information content (AvgIpc) is 3.10. The number of hydrogen-bond acceptors (Lipinski definition) is 5. The second kappa shape index (κ2) is 10.7. The van der Waals surface area contributed by atoms with Crippen molar-refractivity contribution in [2.45, 2.75) is 13.2 Å². The molecule has 0 radical (unpaired) electrons. The first-order chi connectivity index (χ1) is 16.1. The molecule has 1 aliphatic rings. The molecule has 3 aromatic rings. The van der Waals surface area contributed by atoms with Gasteiger partial charge in [0.1, 0.15) is 18.9 Å². The van der Waals surface area contributed by atoms with Gasteiger partial charge in [0.15, 0.2) is 0 Å². The summed E-state index contributed by atoms with van der Waals surface area (Å²) in [6.07, 6.45) is 1.64. The van der Waals surface area contributed by atoms with Gasteiger partial charge in [-0.3, -0.25) is 19.3 Å². The van der Waals surface area contributed by atoms with Crippen LogP contribution in [0.5, 0.6) is 5.75 Å². The second-order valence-corrected chi connectivity index (χ2v) is 8.37. The van der Waals surface area contributed by atoms with Crippen LogP contribution in [0.25, 0.3) is 6.08 Å². The van der Waals surface area contributed by atoms with Gasteiger partial charge in [0.25, 0.3) is 11.1 Å². The third-order valence-corrected chi connectivity index (χ3v) is 5.82. The molecular weight excluding hydrogens is 436 g/mol. The Balaban J connectivity index is 1.36. The van der Waals surface area contributed by atoms with E-state index in [2.05, 4.69) is 5.32 Å². The third-order valence-electron chi connectivity index (χ3n) is 4.91. The summed E-state index contributed by atoms with van der Waals surface area (Å²) in [6, 6.07) is 26.5. The van der Waals surface area contributed by atoms with E-state index in [-0.39, 0.29) is 11.4 Å². The first-order valence-electron chi connectivity index (χ1n) is 10.4. The lowest BCUT2D eigenvalue weighted by atomic mass is 10.2. The molecule has 1 fully saturated rings. The number of nitrogens with one attached hydrogen (secondary N) is 1. The van der Waals surface area contributed by atoms with Crippen molar-refractivity contribution in [3.63, 3.8) is 0 Å². The number of carbonyl (C=O) groups is 3. The molecule has 6 nitrogen and oxygen atoms in total. The Labute approximate surface area is 196 Å². The summed E-state index contributed by atoms with van der Waals surface area (Å²) >= 11 is 0.827. The average molecular weight is 459 g/mol. The minimum absolute atomic E-state index is 0.274.